The fraction of sp³-hybridized carbons (Fsp3) is 0.118. The summed E-state index contributed by atoms with van der Waals surface area (Å²) in [4.78, 5) is 12.4. The first-order chi connectivity index (χ1) is 10.7. The highest BCUT2D eigenvalue weighted by molar-refractivity contribution is 6.05. The summed E-state index contributed by atoms with van der Waals surface area (Å²) in [5.41, 5.74) is 2.66. The van der Waals surface area contributed by atoms with Crippen LogP contribution in [0.3, 0.4) is 0 Å². The van der Waals surface area contributed by atoms with Gasteiger partial charge < -0.3 is 10.1 Å². The van der Waals surface area contributed by atoms with Gasteiger partial charge in [-0.25, -0.2) is 0 Å². The Morgan fingerprint density at radius 3 is 2.73 bits per heavy atom. The lowest BCUT2D eigenvalue weighted by molar-refractivity contribution is 0.102. The Kier molecular flexibility index (Phi) is 3.70. The maximum atomic E-state index is 12.4. The lowest BCUT2D eigenvalue weighted by Gasteiger charge is -2.10. The summed E-state index contributed by atoms with van der Waals surface area (Å²) >= 11 is 0. The number of carbonyl (C=O) groups is 1. The molecule has 0 fully saturated rings. The van der Waals surface area contributed by atoms with Crippen molar-refractivity contribution >= 4 is 22.5 Å². The van der Waals surface area contributed by atoms with Crippen molar-refractivity contribution in [2.45, 2.75) is 6.92 Å². The molecule has 1 amide bonds. The summed E-state index contributed by atoms with van der Waals surface area (Å²) in [6.45, 7) is 1.95. The molecule has 0 saturated carbocycles. The van der Waals surface area contributed by atoms with Crippen LogP contribution in [-0.2, 0) is 0 Å². The van der Waals surface area contributed by atoms with Crippen LogP contribution in [0.5, 0.6) is 5.75 Å². The molecule has 0 aliphatic carbocycles. The Morgan fingerprint density at radius 2 is 1.91 bits per heavy atom. The average molecular weight is 293 g/mol. The molecular weight excluding hydrogens is 278 g/mol. The SMILES string of the molecule is COc1ccc(C)cc1NC(=O)c1cc2ccccc2nn1. The van der Waals surface area contributed by atoms with Gasteiger partial charge in [0.2, 0.25) is 0 Å². The molecule has 0 aliphatic rings. The Labute approximate surface area is 127 Å². The van der Waals surface area contributed by atoms with E-state index in [9.17, 15) is 4.79 Å². The quantitative estimate of drug-likeness (QED) is 0.805. The molecule has 3 rings (SSSR count). The van der Waals surface area contributed by atoms with Gasteiger partial charge in [-0.15, -0.1) is 10.2 Å². The van der Waals surface area contributed by atoms with E-state index in [-0.39, 0.29) is 11.6 Å². The minimum atomic E-state index is -0.317. The third-order valence-electron chi connectivity index (χ3n) is 3.33. The topological polar surface area (TPSA) is 64.1 Å². The summed E-state index contributed by atoms with van der Waals surface area (Å²) in [6, 6.07) is 14.8. The maximum absolute atomic E-state index is 12.4. The number of anilines is 1. The van der Waals surface area contributed by atoms with Crippen molar-refractivity contribution in [3.63, 3.8) is 0 Å². The molecular formula is C17H15N3O2. The standard InChI is InChI=1S/C17H15N3O2/c1-11-7-8-16(22-2)14(9-11)18-17(21)15-10-12-5-3-4-6-13(12)19-20-15/h3-10H,1-2H3,(H,18,21). The Bertz CT molecular complexity index is 846. The number of aromatic nitrogens is 2. The first-order valence-electron chi connectivity index (χ1n) is 6.86. The van der Waals surface area contributed by atoms with Gasteiger partial charge in [0.25, 0.3) is 5.91 Å². The predicted molar refractivity (Wildman–Crippen MR) is 85.2 cm³/mol. The second-order valence-electron chi connectivity index (χ2n) is 4.95. The molecule has 1 aromatic heterocycles. The number of methoxy groups -OCH3 is 1. The summed E-state index contributed by atoms with van der Waals surface area (Å²) in [6.07, 6.45) is 0. The lowest BCUT2D eigenvalue weighted by Crippen LogP contribution is -2.15. The molecule has 3 aromatic rings. The highest BCUT2D eigenvalue weighted by atomic mass is 16.5. The minimum Gasteiger partial charge on any atom is -0.495 e. The smallest absolute Gasteiger partial charge is 0.276 e. The molecule has 1 heterocycles. The van der Waals surface area contributed by atoms with Crippen molar-refractivity contribution in [3.05, 3.63) is 59.8 Å². The largest absolute Gasteiger partial charge is 0.495 e. The number of aryl methyl sites for hydroxylation is 1. The number of ether oxygens (including phenoxy) is 1. The number of amides is 1. The molecule has 110 valence electrons. The summed E-state index contributed by atoms with van der Waals surface area (Å²) in [5.74, 6) is 0.287. The van der Waals surface area contributed by atoms with Crippen molar-refractivity contribution in [3.8, 4) is 5.75 Å². The highest BCUT2D eigenvalue weighted by Gasteiger charge is 2.12. The number of nitrogens with one attached hydrogen (secondary N) is 1. The van der Waals surface area contributed by atoms with Crippen LogP contribution in [0.2, 0.25) is 0 Å². The number of rotatable bonds is 3. The zero-order valence-electron chi connectivity index (χ0n) is 12.3. The van der Waals surface area contributed by atoms with Crippen molar-refractivity contribution in [1.29, 1.82) is 0 Å². The zero-order chi connectivity index (χ0) is 15.5. The van der Waals surface area contributed by atoms with Crippen LogP contribution in [0.1, 0.15) is 16.1 Å². The van der Waals surface area contributed by atoms with Gasteiger partial charge in [-0.1, -0.05) is 24.3 Å². The minimum absolute atomic E-state index is 0.266. The van der Waals surface area contributed by atoms with E-state index in [1.54, 1.807) is 13.2 Å². The predicted octanol–water partition coefficient (Wildman–Crippen LogP) is 3.20. The molecule has 22 heavy (non-hydrogen) atoms. The number of hydrogen-bond donors (Lipinski definition) is 1. The van der Waals surface area contributed by atoms with E-state index in [0.717, 1.165) is 16.5 Å². The van der Waals surface area contributed by atoms with E-state index in [2.05, 4.69) is 15.5 Å². The summed E-state index contributed by atoms with van der Waals surface area (Å²) in [7, 11) is 1.57. The second kappa shape index (κ2) is 5.81. The van der Waals surface area contributed by atoms with Crippen LogP contribution >= 0.6 is 0 Å². The first-order valence-corrected chi connectivity index (χ1v) is 6.86. The van der Waals surface area contributed by atoms with E-state index >= 15 is 0 Å². The third kappa shape index (κ3) is 2.74. The van der Waals surface area contributed by atoms with Crippen LogP contribution in [0, 0.1) is 6.92 Å². The average Bonchev–Trinajstić information content (AvgIpc) is 2.54. The van der Waals surface area contributed by atoms with Crippen molar-refractivity contribution < 1.29 is 9.53 Å². The Hall–Kier alpha value is -2.95. The third-order valence-corrected chi connectivity index (χ3v) is 3.33. The van der Waals surface area contributed by atoms with Gasteiger partial charge in [-0.2, -0.15) is 0 Å². The van der Waals surface area contributed by atoms with Crippen LogP contribution in [-0.4, -0.2) is 23.2 Å². The normalized spacial score (nSPS) is 10.5. The second-order valence-corrected chi connectivity index (χ2v) is 4.95. The molecule has 0 radical (unpaired) electrons. The molecule has 1 N–H and O–H groups in total. The van der Waals surface area contributed by atoms with E-state index in [4.69, 9.17) is 4.74 Å². The van der Waals surface area contributed by atoms with Crippen molar-refractivity contribution in [2.75, 3.05) is 12.4 Å². The summed E-state index contributed by atoms with van der Waals surface area (Å²) in [5, 5.41) is 11.7. The molecule has 0 spiro atoms. The number of benzene rings is 2. The summed E-state index contributed by atoms with van der Waals surface area (Å²) < 4.78 is 5.26. The molecule has 0 bridgehead atoms. The molecule has 0 aliphatic heterocycles. The maximum Gasteiger partial charge on any atom is 0.276 e. The van der Waals surface area contributed by atoms with Gasteiger partial charge >= 0.3 is 0 Å². The number of fused-ring (bicyclic) bond motifs is 1. The molecule has 2 aromatic carbocycles. The number of carbonyl (C=O) groups excluding carboxylic acids is 1. The van der Waals surface area contributed by atoms with Gasteiger partial charge in [-0.05, 0) is 36.8 Å². The molecule has 0 saturated heterocycles. The number of nitrogens with zero attached hydrogens (tertiary/aromatic N) is 2. The van der Waals surface area contributed by atoms with E-state index in [1.807, 2.05) is 49.4 Å². The number of hydrogen-bond acceptors (Lipinski definition) is 4. The van der Waals surface area contributed by atoms with Crippen molar-refractivity contribution in [2.24, 2.45) is 0 Å². The fourth-order valence-electron chi connectivity index (χ4n) is 2.20. The molecule has 5 heteroatoms. The van der Waals surface area contributed by atoms with E-state index < -0.39 is 0 Å². The Balaban J connectivity index is 1.91. The monoisotopic (exact) mass is 293 g/mol. The van der Waals surface area contributed by atoms with E-state index in [0.29, 0.717) is 11.4 Å². The molecule has 5 nitrogen and oxygen atoms in total. The van der Waals surface area contributed by atoms with Crippen molar-refractivity contribution in [1.82, 2.24) is 10.2 Å². The molecule has 0 atom stereocenters. The van der Waals surface area contributed by atoms with Crippen LogP contribution in [0.4, 0.5) is 5.69 Å². The Morgan fingerprint density at radius 1 is 1.09 bits per heavy atom. The fourth-order valence-corrected chi connectivity index (χ4v) is 2.20. The van der Waals surface area contributed by atoms with Gasteiger partial charge in [0.05, 0.1) is 18.3 Å². The van der Waals surface area contributed by atoms with Gasteiger partial charge in [0.15, 0.2) is 5.69 Å². The lowest BCUT2D eigenvalue weighted by atomic mass is 10.2. The van der Waals surface area contributed by atoms with Gasteiger partial charge in [0, 0.05) is 5.39 Å². The van der Waals surface area contributed by atoms with Gasteiger partial charge in [-0.3, -0.25) is 4.79 Å². The highest BCUT2D eigenvalue weighted by Crippen LogP contribution is 2.25. The first kappa shape index (κ1) is 14.0. The van der Waals surface area contributed by atoms with Gasteiger partial charge in [0.1, 0.15) is 5.75 Å². The molecule has 0 unspecified atom stereocenters. The van der Waals surface area contributed by atoms with Crippen LogP contribution in [0.25, 0.3) is 10.9 Å². The zero-order valence-corrected chi connectivity index (χ0v) is 12.3. The van der Waals surface area contributed by atoms with Crippen LogP contribution in [0.15, 0.2) is 48.5 Å². The van der Waals surface area contributed by atoms with Crippen LogP contribution < -0.4 is 10.1 Å². The van der Waals surface area contributed by atoms with E-state index in [1.165, 1.54) is 0 Å².